The molecule has 0 bridgehead atoms. The highest BCUT2D eigenvalue weighted by Crippen LogP contribution is 2.30. The lowest BCUT2D eigenvalue weighted by atomic mass is 10.1. The third-order valence-electron chi connectivity index (χ3n) is 2.82. The number of halogens is 1. The number of nitrogens with zero attached hydrogens (tertiary/aromatic N) is 4. The fourth-order valence-electron chi connectivity index (χ4n) is 1.92. The van der Waals surface area contributed by atoms with Crippen molar-refractivity contribution in [1.82, 2.24) is 19.9 Å². The second-order valence-electron chi connectivity index (χ2n) is 3.98. The second kappa shape index (κ2) is 5.38. The highest BCUT2D eigenvalue weighted by Gasteiger charge is 2.14. The number of hydrogen-bond donors (Lipinski definition) is 1. The van der Waals surface area contributed by atoms with Crippen molar-refractivity contribution in [3.05, 3.63) is 33.8 Å². The van der Waals surface area contributed by atoms with Crippen molar-refractivity contribution in [2.45, 2.75) is 5.16 Å². The van der Waals surface area contributed by atoms with Crippen LogP contribution in [0.25, 0.3) is 22.3 Å². The Morgan fingerprint density at radius 3 is 2.95 bits per heavy atom. The van der Waals surface area contributed by atoms with Crippen molar-refractivity contribution in [2.24, 2.45) is 0 Å². The molecule has 0 aliphatic carbocycles. The minimum atomic E-state index is 0.461. The van der Waals surface area contributed by atoms with Crippen LogP contribution in [0.1, 0.15) is 5.56 Å². The molecule has 3 aromatic rings. The van der Waals surface area contributed by atoms with Gasteiger partial charge in [-0.05, 0) is 34.9 Å². The molecule has 0 aromatic carbocycles. The number of nitriles is 1. The lowest BCUT2D eigenvalue weighted by Gasteiger charge is -2.03. The molecule has 20 heavy (non-hydrogen) atoms. The zero-order chi connectivity index (χ0) is 14.1. The molecule has 3 heterocycles. The summed E-state index contributed by atoms with van der Waals surface area (Å²) in [5, 5.41) is 10.8. The second-order valence-corrected chi connectivity index (χ2v) is 6.00. The van der Waals surface area contributed by atoms with Crippen LogP contribution in [0, 0.1) is 14.9 Å². The van der Waals surface area contributed by atoms with E-state index in [-0.39, 0.29) is 0 Å². The number of H-pyrrole nitrogens is 1. The van der Waals surface area contributed by atoms with Crippen LogP contribution in [-0.4, -0.2) is 26.2 Å². The number of pyridine rings is 1. The molecule has 0 aliphatic rings. The summed E-state index contributed by atoms with van der Waals surface area (Å²) in [4.78, 5) is 16.0. The Labute approximate surface area is 133 Å². The lowest BCUT2D eigenvalue weighted by molar-refractivity contribution is 0.970. The van der Waals surface area contributed by atoms with E-state index in [2.05, 4.69) is 48.6 Å². The zero-order valence-electron chi connectivity index (χ0n) is 10.4. The van der Waals surface area contributed by atoms with E-state index in [9.17, 15) is 5.26 Å². The highest BCUT2D eigenvalue weighted by atomic mass is 127. The molecule has 0 saturated carbocycles. The Bertz CT molecular complexity index is 836. The molecule has 98 valence electrons. The Hall–Kier alpha value is -1.66. The number of aromatic amines is 1. The lowest BCUT2D eigenvalue weighted by Crippen LogP contribution is -1.94. The minimum absolute atomic E-state index is 0.461. The van der Waals surface area contributed by atoms with Gasteiger partial charge in [0.1, 0.15) is 11.7 Å². The summed E-state index contributed by atoms with van der Waals surface area (Å²) in [6.45, 7) is 0. The molecule has 0 amide bonds. The number of fused-ring (bicyclic) bond motifs is 1. The summed E-state index contributed by atoms with van der Waals surface area (Å²) in [5.74, 6) is 0. The summed E-state index contributed by atoms with van der Waals surface area (Å²) >= 11 is 3.66. The summed E-state index contributed by atoms with van der Waals surface area (Å²) in [5.41, 5.74) is 2.76. The first kappa shape index (κ1) is 13.3. The standard InChI is InChI=1S/C13H8IN5S/c1-20-13-18-4-7(3-15)11(19-13)10-6-17-12-9(10)2-8(14)5-16-12/h2,4-6H,1H3,(H,16,17). The quantitative estimate of drug-likeness (QED) is 0.411. The van der Waals surface area contributed by atoms with E-state index in [1.165, 1.54) is 11.8 Å². The van der Waals surface area contributed by atoms with Crippen LogP contribution in [0.15, 0.2) is 29.8 Å². The summed E-state index contributed by atoms with van der Waals surface area (Å²) in [6, 6.07) is 4.17. The fraction of sp³-hybridized carbons (Fsp3) is 0.0769. The molecule has 0 saturated heterocycles. The third-order valence-corrected chi connectivity index (χ3v) is 3.97. The first-order valence-electron chi connectivity index (χ1n) is 5.67. The van der Waals surface area contributed by atoms with Gasteiger partial charge in [-0.3, -0.25) is 0 Å². The number of aromatic nitrogens is 4. The van der Waals surface area contributed by atoms with E-state index in [4.69, 9.17) is 0 Å². The maximum absolute atomic E-state index is 9.24. The summed E-state index contributed by atoms with van der Waals surface area (Å²) < 4.78 is 1.04. The number of hydrogen-bond acceptors (Lipinski definition) is 5. The van der Waals surface area contributed by atoms with Crippen molar-refractivity contribution in [1.29, 1.82) is 5.26 Å². The molecule has 0 atom stereocenters. The predicted octanol–water partition coefficient (Wildman–Crippen LogP) is 3.22. The van der Waals surface area contributed by atoms with Gasteiger partial charge in [0.05, 0.1) is 11.3 Å². The Kier molecular flexibility index (Phi) is 3.58. The molecule has 0 aliphatic heterocycles. The van der Waals surface area contributed by atoms with Gasteiger partial charge in [-0.15, -0.1) is 0 Å². The molecule has 3 rings (SSSR count). The largest absolute Gasteiger partial charge is 0.345 e. The Balaban J connectivity index is 2.30. The predicted molar refractivity (Wildman–Crippen MR) is 86.3 cm³/mol. The number of nitrogens with one attached hydrogen (secondary N) is 1. The van der Waals surface area contributed by atoms with Crippen LogP contribution in [0.4, 0.5) is 0 Å². The first-order chi connectivity index (χ1) is 9.72. The van der Waals surface area contributed by atoms with Gasteiger partial charge in [0.2, 0.25) is 0 Å². The minimum Gasteiger partial charge on any atom is -0.345 e. The molecule has 1 N–H and O–H groups in total. The average Bonchev–Trinajstić information content (AvgIpc) is 2.89. The van der Waals surface area contributed by atoms with E-state index in [0.717, 1.165) is 20.2 Å². The third kappa shape index (κ3) is 2.25. The van der Waals surface area contributed by atoms with Gasteiger partial charge >= 0.3 is 0 Å². The van der Waals surface area contributed by atoms with E-state index in [0.29, 0.717) is 16.4 Å². The van der Waals surface area contributed by atoms with Crippen LogP contribution in [0.3, 0.4) is 0 Å². The molecule has 0 unspecified atom stereocenters. The van der Waals surface area contributed by atoms with Gasteiger partial charge in [0, 0.05) is 33.1 Å². The van der Waals surface area contributed by atoms with E-state index >= 15 is 0 Å². The molecular formula is C13H8IN5S. The zero-order valence-corrected chi connectivity index (χ0v) is 13.4. The molecular weight excluding hydrogens is 385 g/mol. The fourth-order valence-corrected chi connectivity index (χ4v) is 2.72. The van der Waals surface area contributed by atoms with Crippen LogP contribution < -0.4 is 0 Å². The van der Waals surface area contributed by atoms with Gasteiger partial charge in [0.25, 0.3) is 0 Å². The molecule has 0 spiro atoms. The van der Waals surface area contributed by atoms with Crippen molar-refractivity contribution in [3.8, 4) is 17.3 Å². The maximum Gasteiger partial charge on any atom is 0.187 e. The van der Waals surface area contributed by atoms with Crippen LogP contribution in [0.2, 0.25) is 0 Å². The van der Waals surface area contributed by atoms with Crippen molar-refractivity contribution in [2.75, 3.05) is 6.26 Å². The van der Waals surface area contributed by atoms with Crippen LogP contribution in [0.5, 0.6) is 0 Å². The maximum atomic E-state index is 9.24. The van der Waals surface area contributed by atoms with Crippen molar-refractivity contribution >= 4 is 45.4 Å². The van der Waals surface area contributed by atoms with Crippen molar-refractivity contribution < 1.29 is 0 Å². The highest BCUT2D eigenvalue weighted by molar-refractivity contribution is 14.1. The van der Waals surface area contributed by atoms with Crippen LogP contribution in [-0.2, 0) is 0 Å². The Morgan fingerprint density at radius 2 is 2.20 bits per heavy atom. The monoisotopic (exact) mass is 393 g/mol. The van der Waals surface area contributed by atoms with E-state index in [1.54, 1.807) is 12.4 Å². The first-order valence-corrected chi connectivity index (χ1v) is 7.97. The van der Waals surface area contributed by atoms with Crippen LogP contribution >= 0.6 is 34.4 Å². The Morgan fingerprint density at radius 1 is 1.35 bits per heavy atom. The van der Waals surface area contributed by atoms with Gasteiger partial charge in [0.15, 0.2) is 5.16 Å². The molecule has 3 aromatic heterocycles. The van der Waals surface area contributed by atoms with Gasteiger partial charge in [-0.1, -0.05) is 11.8 Å². The molecule has 7 heteroatoms. The van der Waals surface area contributed by atoms with E-state index < -0.39 is 0 Å². The van der Waals surface area contributed by atoms with Gasteiger partial charge in [-0.2, -0.15) is 5.26 Å². The summed E-state index contributed by atoms with van der Waals surface area (Å²) in [6.07, 6.45) is 7.10. The average molecular weight is 393 g/mol. The van der Waals surface area contributed by atoms with E-state index in [1.807, 2.05) is 18.5 Å². The summed E-state index contributed by atoms with van der Waals surface area (Å²) in [7, 11) is 0. The van der Waals surface area contributed by atoms with Crippen molar-refractivity contribution in [3.63, 3.8) is 0 Å². The molecule has 0 radical (unpaired) electrons. The van der Waals surface area contributed by atoms with Gasteiger partial charge in [-0.25, -0.2) is 15.0 Å². The number of thioether (sulfide) groups is 1. The SMILES string of the molecule is CSc1ncc(C#N)c(-c2c[nH]c3ncc(I)cc23)n1. The molecule has 5 nitrogen and oxygen atoms in total. The smallest absolute Gasteiger partial charge is 0.187 e. The number of rotatable bonds is 2. The topological polar surface area (TPSA) is 78.2 Å². The molecule has 0 fully saturated rings. The van der Waals surface area contributed by atoms with Gasteiger partial charge < -0.3 is 4.98 Å². The normalized spacial score (nSPS) is 10.7.